The highest BCUT2D eigenvalue weighted by atomic mass is 35.5. The van der Waals surface area contributed by atoms with Crippen molar-refractivity contribution in [2.75, 3.05) is 0 Å². The quantitative estimate of drug-likeness (QED) is 0.757. The molecule has 10 heteroatoms. The largest absolute Gasteiger partial charge is 0.324 e. The normalized spacial score (nSPS) is 12.1. The molecule has 8 nitrogen and oxygen atoms in total. The van der Waals surface area contributed by atoms with Crippen molar-refractivity contribution < 1.29 is 8.42 Å². The van der Waals surface area contributed by atoms with Gasteiger partial charge in [-0.15, -0.1) is 10.2 Å². The predicted octanol–water partition coefficient (Wildman–Crippen LogP) is 0.595. The van der Waals surface area contributed by atoms with Crippen LogP contribution in [0, 0.1) is 0 Å². The maximum atomic E-state index is 12.2. The lowest BCUT2D eigenvalue weighted by Crippen LogP contribution is -2.25. The summed E-state index contributed by atoms with van der Waals surface area (Å²) in [6, 6.07) is 5.41. The van der Waals surface area contributed by atoms with Gasteiger partial charge in [0.25, 0.3) is 10.0 Å². The Bertz CT molecular complexity index is 900. The second kappa shape index (κ2) is 5.10. The number of halogens is 1. The van der Waals surface area contributed by atoms with Gasteiger partial charge in [-0.25, -0.2) is 18.1 Å². The highest BCUT2D eigenvalue weighted by molar-refractivity contribution is 7.89. The lowest BCUT2D eigenvalue weighted by Gasteiger charge is -2.04. The fourth-order valence-electron chi connectivity index (χ4n) is 1.81. The minimum atomic E-state index is -3.81. The van der Waals surface area contributed by atoms with Gasteiger partial charge in [0.1, 0.15) is 5.15 Å². The van der Waals surface area contributed by atoms with Crippen molar-refractivity contribution in [3.05, 3.63) is 41.7 Å². The average Bonchev–Trinajstić information content (AvgIpc) is 3.02. The van der Waals surface area contributed by atoms with E-state index in [0.717, 1.165) is 0 Å². The Hall–Kier alpha value is -1.97. The Kier molecular flexibility index (Phi) is 3.40. The summed E-state index contributed by atoms with van der Waals surface area (Å²) in [7, 11) is -2.20. The molecule has 3 aromatic rings. The first-order chi connectivity index (χ1) is 9.99. The van der Waals surface area contributed by atoms with E-state index in [-0.39, 0.29) is 16.7 Å². The molecule has 0 aliphatic carbocycles. The van der Waals surface area contributed by atoms with E-state index < -0.39 is 10.0 Å². The number of aromatic nitrogens is 5. The molecule has 0 fully saturated rings. The fraction of sp³-hybridized carbons (Fsp3) is 0.182. The van der Waals surface area contributed by atoms with Gasteiger partial charge < -0.3 is 4.57 Å². The van der Waals surface area contributed by atoms with E-state index in [4.69, 9.17) is 11.6 Å². The Morgan fingerprint density at radius 3 is 2.86 bits per heavy atom. The SMILES string of the molecule is Cn1cnc(S(=O)(=O)NCc2nnc3ccccn23)c1Cl. The number of imidazole rings is 1. The molecule has 21 heavy (non-hydrogen) atoms. The Labute approximate surface area is 125 Å². The molecule has 0 bridgehead atoms. The molecule has 3 aromatic heterocycles. The standard InChI is InChI=1S/C11H11ClN6O2S/c1-17-7-13-11(10(17)12)21(19,20)14-6-9-16-15-8-4-2-3-5-18(8)9/h2-5,7,14H,6H2,1H3. The molecule has 110 valence electrons. The van der Waals surface area contributed by atoms with Crippen LogP contribution in [0.3, 0.4) is 0 Å². The lowest BCUT2D eigenvalue weighted by atomic mass is 10.5. The summed E-state index contributed by atoms with van der Waals surface area (Å²) in [5, 5.41) is 7.73. The first-order valence-corrected chi connectivity index (χ1v) is 7.80. The van der Waals surface area contributed by atoms with Gasteiger partial charge in [0.2, 0.25) is 5.03 Å². The molecule has 0 unspecified atom stereocenters. The summed E-state index contributed by atoms with van der Waals surface area (Å²) in [6.45, 7) is -0.0135. The summed E-state index contributed by atoms with van der Waals surface area (Å²) < 4.78 is 29.9. The van der Waals surface area contributed by atoms with Gasteiger partial charge in [-0.2, -0.15) is 0 Å². The maximum Gasteiger partial charge on any atom is 0.261 e. The molecule has 3 heterocycles. The van der Waals surface area contributed by atoms with Gasteiger partial charge in [0.15, 0.2) is 11.5 Å². The number of sulfonamides is 1. The van der Waals surface area contributed by atoms with Crippen molar-refractivity contribution >= 4 is 27.3 Å². The summed E-state index contributed by atoms with van der Waals surface area (Å²) in [6.07, 6.45) is 3.09. The highest BCUT2D eigenvalue weighted by Crippen LogP contribution is 2.18. The van der Waals surface area contributed by atoms with Crippen molar-refractivity contribution in [3.63, 3.8) is 0 Å². The molecular weight excluding hydrogens is 316 g/mol. The van der Waals surface area contributed by atoms with Crippen molar-refractivity contribution in [2.24, 2.45) is 7.05 Å². The zero-order valence-corrected chi connectivity index (χ0v) is 12.5. The minimum Gasteiger partial charge on any atom is -0.324 e. The van der Waals surface area contributed by atoms with E-state index in [0.29, 0.717) is 11.5 Å². The van der Waals surface area contributed by atoms with Crippen molar-refractivity contribution in [3.8, 4) is 0 Å². The van der Waals surface area contributed by atoms with E-state index in [2.05, 4.69) is 19.9 Å². The minimum absolute atomic E-state index is 0.0135. The summed E-state index contributed by atoms with van der Waals surface area (Å²) in [5.41, 5.74) is 0.641. The maximum absolute atomic E-state index is 12.2. The van der Waals surface area contributed by atoms with Gasteiger partial charge in [-0.3, -0.25) is 4.40 Å². The third-order valence-corrected chi connectivity index (χ3v) is 4.78. The lowest BCUT2D eigenvalue weighted by molar-refractivity contribution is 0.575. The van der Waals surface area contributed by atoms with Gasteiger partial charge in [0.05, 0.1) is 12.9 Å². The molecule has 0 radical (unpaired) electrons. The monoisotopic (exact) mass is 326 g/mol. The molecular formula is C11H11ClN6O2S. The highest BCUT2D eigenvalue weighted by Gasteiger charge is 2.22. The van der Waals surface area contributed by atoms with Crippen molar-refractivity contribution in [1.29, 1.82) is 0 Å². The van der Waals surface area contributed by atoms with Gasteiger partial charge in [-0.05, 0) is 12.1 Å². The van der Waals surface area contributed by atoms with Crippen molar-refractivity contribution in [2.45, 2.75) is 11.6 Å². The van der Waals surface area contributed by atoms with Crippen LogP contribution in [0.25, 0.3) is 5.65 Å². The number of hydrogen-bond donors (Lipinski definition) is 1. The molecule has 3 rings (SSSR count). The van der Waals surface area contributed by atoms with Gasteiger partial charge >= 0.3 is 0 Å². The zero-order valence-electron chi connectivity index (χ0n) is 10.9. The van der Waals surface area contributed by atoms with Crippen molar-refractivity contribution in [1.82, 2.24) is 28.9 Å². The van der Waals surface area contributed by atoms with Crippen LogP contribution in [-0.2, 0) is 23.6 Å². The summed E-state index contributed by atoms with van der Waals surface area (Å²) in [4.78, 5) is 3.79. The number of pyridine rings is 1. The molecule has 0 saturated heterocycles. The number of nitrogens with zero attached hydrogens (tertiary/aromatic N) is 5. The first-order valence-electron chi connectivity index (χ1n) is 5.94. The van der Waals surface area contributed by atoms with E-state index in [1.165, 1.54) is 10.9 Å². The van der Waals surface area contributed by atoms with E-state index in [9.17, 15) is 8.42 Å². The average molecular weight is 327 g/mol. The number of aryl methyl sites for hydroxylation is 1. The number of fused-ring (bicyclic) bond motifs is 1. The Balaban J connectivity index is 1.86. The van der Waals surface area contributed by atoms with E-state index in [1.807, 2.05) is 12.1 Å². The Morgan fingerprint density at radius 2 is 2.14 bits per heavy atom. The molecule has 0 amide bonds. The fourth-order valence-corrected chi connectivity index (χ4v) is 3.22. The summed E-state index contributed by atoms with van der Waals surface area (Å²) >= 11 is 5.90. The van der Waals surface area contributed by atoms with Crippen LogP contribution in [0.5, 0.6) is 0 Å². The van der Waals surface area contributed by atoms with Crippen LogP contribution in [-0.4, -0.2) is 32.6 Å². The number of nitrogens with one attached hydrogen (secondary N) is 1. The summed E-state index contributed by atoms with van der Waals surface area (Å²) in [5.74, 6) is 0.473. The van der Waals surface area contributed by atoms with Gasteiger partial charge in [-0.1, -0.05) is 17.7 Å². The van der Waals surface area contributed by atoms with E-state index in [1.54, 1.807) is 23.7 Å². The van der Waals surface area contributed by atoms with Crippen LogP contribution >= 0.6 is 11.6 Å². The predicted molar refractivity (Wildman–Crippen MR) is 75.2 cm³/mol. The molecule has 0 saturated carbocycles. The topological polar surface area (TPSA) is 94.2 Å². The number of hydrogen-bond acceptors (Lipinski definition) is 5. The molecule has 1 N–H and O–H groups in total. The third-order valence-electron chi connectivity index (χ3n) is 2.89. The second-order valence-electron chi connectivity index (χ2n) is 4.32. The Morgan fingerprint density at radius 1 is 1.33 bits per heavy atom. The molecule has 0 atom stereocenters. The first kappa shape index (κ1) is 14.0. The van der Waals surface area contributed by atoms with Crippen LogP contribution in [0.1, 0.15) is 5.82 Å². The molecule has 0 aromatic carbocycles. The zero-order chi connectivity index (χ0) is 15.0. The van der Waals surface area contributed by atoms with E-state index >= 15 is 0 Å². The molecule has 0 aliphatic rings. The molecule has 0 spiro atoms. The second-order valence-corrected chi connectivity index (χ2v) is 6.36. The third kappa shape index (κ3) is 2.50. The van der Waals surface area contributed by atoms with Crippen LogP contribution < -0.4 is 4.72 Å². The van der Waals surface area contributed by atoms with Crippen LogP contribution in [0.4, 0.5) is 0 Å². The van der Waals surface area contributed by atoms with Gasteiger partial charge in [0, 0.05) is 13.2 Å². The van der Waals surface area contributed by atoms with Crippen LogP contribution in [0.15, 0.2) is 35.7 Å². The van der Waals surface area contributed by atoms with Crippen LogP contribution in [0.2, 0.25) is 5.15 Å². The smallest absolute Gasteiger partial charge is 0.261 e. The number of rotatable bonds is 4. The molecule has 0 aliphatic heterocycles.